The maximum Gasteiger partial charge on any atom is 0.416 e. The monoisotopic (exact) mass is 372 g/mol. The van der Waals surface area contributed by atoms with Crippen molar-refractivity contribution in [2.45, 2.75) is 25.6 Å². The predicted octanol–water partition coefficient (Wildman–Crippen LogP) is 5.66. The van der Waals surface area contributed by atoms with E-state index >= 15 is 0 Å². The molecule has 6 heteroatoms. The first-order valence-corrected chi connectivity index (χ1v) is 8.30. The van der Waals surface area contributed by atoms with Crippen molar-refractivity contribution < 1.29 is 22.3 Å². The van der Waals surface area contributed by atoms with Crippen LogP contribution in [0.5, 0.6) is 5.75 Å². The Balaban J connectivity index is 1.89. The molecule has 138 valence electrons. The van der Waals surface area contributed by atoms with Gasteiger partial charge in [0, 0.05) is 0 Å². The minimum atomic E-state index is -4.49. The van der Waals surface area contributed by atoms with Crippen molar-refractivity contribution in [3.63, 3.8) is 0 Å². The molecule has 0 fully saturated rings. The highest BCUT2D eigenvalue weighted by Gasteiger charge is 2.31. The summed E-state index contributed by atoms with van der Waals surface area (Å²) in [4.78, 5) is 12.9. The van der Waals surface area contributed by atoms with Crippen LogP contribution < -0.4 is 10.2 Å². The van der Waals surface area contributed by atoms with Crippen LogP contribution in [0.4, 0.5) is 13.2 Å². The average Bonchev–Trinajstić information content (AvgIpc) is 2.60. The first-order chi connectivity index (χ1) is 12.7. The van der Waals surface area contributed by atoms with Gasteiger partial charge in [-0.25, -0.2) is 0 Å². The highest BCUT2D eigenvalue weighted by atomic mass is 19.4. The van der Waals surface area contributed by atoms with Crippen LogP contribution >= 0.6 is 0 Å². The van der Waals surface area contributed by atoms with Crippen LogP contribution in [0.2, 0.25) is 0 Å². The van der Waals surface area contributed by atoms with Crippen molar-refractivity contribution in [1.29, 1.82) is 0 Å². The SMILES string of the molecule is CC1(C)C=Cc2c(ccc3c(=O)c(-c4cccc(C(F)(F)F)c4)coc23)O1. The minimum absolute atomic E-state index is 0.0783. The minimum Gasteiger partial charge on any atom is -0.483 e. The molecule has 2 aromatic carbocycles. The fraction of sp³-hybridized carbons (Fsp3) is 0.190. The topological polar surface area (TPSA) is 39.4 Å². The zero-order valence-electron chi connectivity index (χ0n) is 14.6. The number of hydrogen-bond acceptors (Lipinski definition) is 3. The summed E-state index contributed by atoms with van der Waals surface area (Å²) in [6, 6.07) is 7.89. The van der Waals surface area contributed by atoms with E-state index in [0.29, 0.717) is 16.9 Å². The van der Waals surface area contributed by atoms with Gasteiger partial charge in [-0.1, -0.05) is 12.1 Å². The molecule has 0 N–H and O–H groups in total. The number of halogens is 3. The second-order valence-corrected chi connectivity index (χ2v) is 6.95. The molecule has 0 atom stereocenters. The molecular formula is C21H15F3O3. The maximum atomic E-state index is 13.0. The third-order valence-electron chi connectivity index (χ3n) is 4.47. The Morgan fingerprint density at radius 1 is 1.07 bits per heavy atom. The molecule has 0 bridgehead atoms. The van der Waals surface area contributed by atoms with Crippen molar-refractivity contribution in [2.24, 2.45) is 0 Å². The van der Waals surface area contributed by atoms with Crippen molar-refractivity contribution in [3.8, 4) is 16.9 Å². The Morgan fingerprint density at radius 2 is 1.85 bits per heavy atom. The van der Waals surface area contributed by atoms with Crippen molar-refractivity contribution in [1.82, 2.24) is 0 Å². The zero-order chi connectivity index (χ0) is 19.4. The summed E-state index contributed by atoms with van der Waals surface area (Å²) in [6.45, 7) is 3.81. The van der Waals surface area contributed by atoms with Gasteiger partial charge in [0.05, 0.1) is 22.1 Å². The molecule has 1 aliphatic rings. The molecule has 0 spiro atoms. The highest BCUT2D eigenvalue weighted by molar-refractivity contribution is 5.91. The molecule has 0 saturated carbocycles. The summed E-state index contributed by atoms with van der Waals surface area (Å²) in [6.07, 6.45) is 0.401. The molecule has 3 aromatic rings. The number of benzene rings is 2. The van der Waals surface area contributed by atoms with Gasteiger partial charge in [0.15, 0.2) is 0 Å². The lowest BCUT2D eigenvalue weighted by atomic mass is 9.98. The quantitative estimate of drug-likeness (QED) is 0.553. The normalized spacial score (nSPS) is 15.4. The Bertz CT molecular complexity index is 1140. The number of rotatable bonds is 1. The van der Waals surface area contributed by atoms with Gasteiger partial charge in [-0.2, -0.15) is 13.2 Å². The average molecular weight is 372 g/mol. The summed E-state index contributed by atoms with van der Waals surface area (Å²) in [7, 11) is 0. The van der Waals surface area contributed by atoms with E-state index < -0.39 is 22.8 Å². The van der Waals surface area contributed by atoms with Crippen LogP contribution in [-0.4, -0.2) is 5.60 Å². The third-order valence-corrected chi connectivity index (χ3v) is 4.47. The lowest BCUT2D eigenvalue weighted by Crippen LogP contribution is -2.27. The first kappa shape index (κ1) is 17.4. The van der Waals surface area contributed by atoms with E-state index in [1.54, 1.807) is 12.1 Å². The van der Waals surface area contributed by atoms with Crippen LogP contribution in [-0.2, 0) is 6.18 Å². The van der Waals surface area contributed by atoms with Gasteiger partial charge in [-0.15, -0.1) is 0 Å². The Morgan fingerprint density at radius 3 is 2.59 bits per heavy atom. The van der Waals surface area contributed by atoms with Crippen molar-refractivity contribution in [2.75, 3.05) is 0 Å². The molecule has 1 aliphatic heterocycles. The number of ether oxygens (including phenoxy) is 1. The van der Waals surface area contributed by atoms with Gasteiger partial charge in [0.2, 0.25) is 5.43 Å². The second-order valence-electron chi connectivity index (χ2n) is 6.95. The lowest BCUT2D eigenvalue weighted by molar-refractivity contribution is -0.137. The molecule has 0 saturated heterocycles. The number of hydrogen-bond donors (Lipinski definition) is 0. The summed E-state index contributed by atoms with van der Waals surface area (Å²) in [5, 5.41) is 0.289. The summed E-state index contributed by atoms with van der Waals surface area (Å²) in [5.41, 5.74) is -0.459. The van der Waals surface area contributed by atoms with Gasteiger partial charge in [0.1, 0.15) is 23.2 Å². The molecule has 0 amide bonds. The molecule has 3 nitrogen and oxygen atoms in total. The van der Waals surface area contributed by atoms with Crippen molar-refractivity contribution in [3.05, 3.63) is 70.1 Å². The van der Waals surface area contributed by atoms with E-state index in [4.69, 9.17) is 9.15 Å². The molecule has 0 radical (unpaired) electrons. The third kappa shape index (κ3) is 3.01. The Labute approximate surface area is 152 Å². The second kappa shape index (κ2) is 5.74. The fourth-order valence-corrected chi connectivity index (χ4v) is 3.11. The van der Waals surface area contributed by atoms with Gasteiger partial charge in [-0.3, -0.25) is 4.79 Å². The summed E-state index contributed by atoms with van der Waals surface area (Å²) in [5.74, 6) is 0.588. The number of alkyl halides is 3. The van der Waals surface area contributed by atoms with E-state index in [1.807, 2.05) is 26.0 Å². The van der Waals surface area contributed by atoms with Crippen LogP contribution in [0.3, 0.4) is 0 Å². The van der Waals surface area contributed by atoms with E-state index in [0.717, 1.165) is 12.1 Å². The van der Waals surface area contributed by atoms with Crippen molar-refractivity contribution >= 4 is 17.0 Å². The summed E-state index contributed by atoms with van der Waals surface area (Å²) >= 11 is 0. The van der Waals surface area contributed by atoms with Crippen LogP contribution in [0.1, 0.15) is 25.0 Å². The molecule has 4 rings (SSSR count). The Hall–Kier alpha value is -3.02. The van der Waals surface area contributed by atoms with E-state index in [-0.39, 0.29) is 16.5 Å². The van der Waals surface area contributed by atoms with E-state index in [9.17, 15) is 18.0 Å². The van der Waals surface area contributed by atoms with Crippen LogP contribution in [0, 0.1) is 0 Å². The lowest BCUT2D eigenvalue weighted by Gasteiger charge is -2.27. The maximum absolute atomic E-state index is 13.0. The van der Waals surface area contributed by atoms with Gasteiger partial charge in [0.25, 0.3) is 0 Å². The predicted molar refractivity (Wildman–Crippen MR) is 96.7 cm³/mol. The number of fused-ring (bicyclic) bond motifs is 3. The molecule has 0 aliphatic carbocycles. The molecule has 27 heavy (non-hydrogen) atoms. The van der Waals surface area contributed by atoms with Crippen LogP contribution in [0.25, 0.3) is 28.2 Å². The summed E-state index contributed by atoms with van der Waals surface area (Å²) < 4.78 is 50.4. The van der Waals surface area contributed by atoms with E-state index in [1.165, 1.54) is 18.4 Å². The van der Waals surface area contributed by atoms with Gasteiger partial charge in [-0.05, 0) is 55.8 Å². The largest absolute Gasteiger partial charge is 0.483 e. The van der Waals surface area contributed by atoms with Gasteiger partial charge < -0.3 is 9.15 Å². The van der Waals surface area contributed by atoms with Crippen LogP contribution in [0.15, 0.2) is 57.9 Å². The first-order valence-electron chi connectivity index (χ1n) is 8.30. The zero-order valence-corrected chi connectivity index (χ0v) is 14.6. The van der Waals surface area contributed by atoms with E-state index in [2.05, 4.69) is 0 Å². The van der Waals surface area contributed by atoms with Gasteiger partial charge >= 0.3 is 6.18 Å². The Kier molecular flexibility index (Phi) is 3.70. The molecule has 2 heterocycles. The molecule has 0 unspecified atom stereocenters. The fourth-order valence-electron chi connectivity index (χ4n) is 3.11. The smallest absolute Gasteiger partial charge is 0.416 e. The molecular weight excluding hydrogens is 357 g/mol. The molecule has 1 aromatic heterocycles. The standard InChI is InChI=1S/C21H15F3O3/c1-20(2)9-8-14-17(27-20)7-6-15-18(25)16(11-26-19(14)15)12-4-3-5-13(10-12)21(22,23)24/h3-11H,1-2H3. The highest BCUT2D eigenvalue weighted by Crippen LogP contribution is 2.36.